The average molecular weight is 435 g/mol. The number of rotatable bonds is 6. The highest BCUT2D eigenvalue weighted by molar-refractivity contribution is 9.10. The van der Waals surface area contributed by atoms with Crippen LogP contribution in [0.3, 0.4) is 0 Å². The number of halogens is 2. The first-order valence-electron chi connectivity index (χ1n) is 7.87. The molecule has 3 rings (SSSR count). The smallest absolute Gasteiger partial charge is 0.248 e. The van der Waals surface area contributed by atoms with E-state index in [0.717, 1.165) is 24.2 Å². The Morgan fingerprint density at radius 1 is 1.46 bits per heavy atom. The summed E-state index contributed by atoms with van der Waals surface area (Å²) in [7, 11) is 0. The first-order valence-corrected chi connectivity index (χ1v) is 9.54. The van der Waals surface area contributed by atoms with Gasteiger partial charge in [0.15, 0.2) is 0 Å². The number of benzene rings is 1. The molecule has 134 valence electrons. The molecule has 1 aromatic carbocycles. The molecule has 5 nitrogen and oxygen atoms in total. The lowest BCUT2D eigenvalue weighted by molar-refractivity contribution is -0.111. The molecule has 0 radical (unpaired) electrons. The third-order valence-electron chi connectivity index (χ3n) is 3.68. The highest BCUT2D eigenvalue weighted by Crippen LogP contribution is 2.18. The Balaban J connectivity index is 1.54. The number of aryl methyl sites for hydroxylation is 3. The zero-order valence-electron chi connectivity index (χ0n) is 13.9. The maximum atomic E-state index is 13.2. The molecule has 0 spiro atoms. The van der Waals surface area contributed by atoms with E-state index in [4.69, 9.17) is 0 Å². The summed E-state index contributed by atoms with van der Waals surface area (Å²) in [4.78, 5) is 17.5. The summed E-state index contributed by atoms with van der Waals surface area (Å²) in [6.45, 7) is 2.71. The van der Waals surface area contributed by atoms with Crippen LogP contribution in [0.5, 0.6) is 0 Å². The predicted octanol–water partition coefficient (Wildman–Crippen LogP) is 4.44. The maximum absolute atomic E-state index is 13.2. The Bertz CT molecular complexity index is 950. The Hall–Kier alpha value is -2.32. The van der Waals surface area contributed by atoms with Gasteiger partial charge < -0.3 is 5.32 Å². The lowest BCUT2D eigenvalue weighted by atomic mass is 10.2. The summed E-state index contributed by atoms with van der Waals surface area (Å²) >= 11 is 4.75. The molecule has 0 aliphatic heterocycles. The van der Waals surface area contributed by atoms with E-state index >= 15 is 0 Å². The van der Waals surface area contributed by atoms with Crippen molar-refractivity contribution in [1.29, 1.82) is 0 Å². The maximum Gasteiger partial charge on any atom is 0.248 e. The zero-order chi connectivity index (χ0) is 18.5. The molecule has 3 aromatic rings. The van der Waals surface area contributed by atoms with Crippen molar-refractivity contribution >= 4 is 44.9 Å². The highest BCUT2D eigenvalue weighted by atomic mass is 79.9. The van der Waals surface area contributed by atoms with Gasteiger partial charge in [-0.1, -0.05) is 6.07 Å². The molecule has 0 aliphatic rings. The molecule has 2 aromatic heterocycles. The van der Waals surface area contributed by atoms with Crippen LogP contribution in [0, 0.1) is 12.7 Å². The van der Waals surface area contributed by atoms with Crippen LogP contribution in [-0.4, -0.2) is 20.7 Å². The summed E-state index contributed by atoms with van der Waals surface area (Å²) in [6.07, 6.45) is 7.27. The average Bonchev–Trinajstić information content (AvgIpc) is 3.23. The monoisotopic (exact) mass is 434 g/mol. The van der Waals surface area contributed by atoms with Crippen molar-refractivity contribution in [1.82, 2.24) is 14.8 Å². The predicted molar refractivity (Wildman–Crippen MR) is 105 cm³/mol. The summed E-state index contributed by atoms with van der Waals surface area (Å²) in [5.74, 6) is -0.615. The number of carbonyl (C=O) groups is 1. The third kappa shape index (κ3) is 4.86. The summed E-state index contributed by atoms with van der Waals surface area (Å²) in [5, 5.41) is 7.01. The molecule has 0 saturated heterocycles. The normalized spacial score (nSPS) is 11.2. The lowest BCUT2D eigenvalue weighted by Gasteiger charge is -2.00. The number of amides is 1. The molecule has 1 amide bonds. The van der Waals surface area contributed by atoms with Gasteiger partial charge in [0, 0.05) is 30.1 Å². The molecule has 2 heterocycles. The van der Waals surface area contributed by atoms with E-state index in [-0.39, 0.29) is 11.7 Å². The van der Waals surface area contributed by atoms with Crippen molar-refractivity contribution < 1.29 is 9.18 Å². The summed E-state index contributed by atoms with van der Waals surface area (Å²) < 4.78 is 15.3. The Morgan fingerprint density at radius 2 is 2.31 bits per heavy atom. The van der Waals surface area contributed by atoms with Gasteiger partial charge >= 0.3 is 0 Å². The van der Waals surface area contributed by atoms with Crippen LogP contribution in [0.25, 0.3) is 6.08 Å². The third-order valence-corrected chi connectivity index (χ3v) is 5.29. The highest BCUT2D eigenvalue weighted by Gasteiger charge is 2.05. The fourth-order valence-electron chi connectivity index (χ4n) is 2.30. The Morgan fingerprint density at radius 3 is 3.04 bits per heavy atom. The standard InChI is InChI=1S/C18H16BrFN4OS/c1-12-17(26-11-21-12)6-7-24-10-14(9-22-24)23-18(25)5-3-13-2-4-16(20)15(19)8-13/h2-5,8-11H,6-7H2,1H3,(H,23,25). The first kappa shape index (κ1) is 18.5. The van der Waals surface area contributed by atoms with E-state index in [1.807, 2.05) is 12.4 Å². The molecule has 26 heavy (non-hydrogen) atoms. The molecular formula is C18H16BrFN4OS. The van der Waals surface area contributed by atoms with Crippen LogP contribution in [0.15, 0.2) is 46.7 Å². The molecule has 0 saturated carbocycles. The van der Waals surface area contributed by atoms with Gasteiger partial charge in [0.2, 0.25) is 5.91 Å². The van der Waals surface area contributed by atoms with Crippen LogP contribution in [-0.2, 0) is 17.8 Å². The number of nitrogens with zero attached hydrogens (tertiary/aromatic N) is 3. The topological polar surface area (TPSA) is 59.8 Å². The zero-order valence-corrected chi connectivity index (χ0v) is 16.3. The van der Waals surface area contributed by atoms with Crippen LogP contribution in [0.1, 0.15) is 16.1 Å². The van der Waals surface area contributed by atoms with Gasteiger partial charge in [-0.25, -0.2) is 9.37 Å². The summed E-state index contributed by atoms with van der Waals surface area (Å²) in [5.41, 5.74) is 4.24. The number of hydrogen-bond donors (Lipinski definition) is 1. The molecule has 0 atom stereocenters. The van der Waals surface area contributed by atoms with E-state index in [1.54, 1.807) is 46.6 Å². The molecule has 8 heteroatoms. The Kier molecular flexibility index (Phi) is 5.95. The molecule has 0 aliphatic carbocycles. The molecule has 0 bridgehead atoms. The SMILES string of the molecule is Cc1ncsc1CCn1cc(NC(=O)C=Cc2ccc(F)c(Br)c2)cn1. The minimum atomic E-state index is -0.340. The second-order valence-corrected chi connectivity index (χ2v) is 7.39. The Labute approximate surface area is 162 Å². The van der Waals surface area contributed by atoms with Gasteiger partial charge in [0.25, 0.3) is 0 Å². The molecule has 0 fully saturated rings. The number of anilines is 1. The van der Waals surface area contributed by atoms with E-state index in [1.165, 1.54) is 17.0 Å². The van der Waals surface area contributed by atoms with E-state index < -0.39 is 0 Å². The fraction of sp³-hybridized carbons (Fsp3) is 0.167. The first-order chi connectivity index (χ1) is 12.5. The van der Waals surface area contributed by atoms with Crippen LogP contribution >= 0.6 is 27.3 Å². The number of carbonyl (C=O) groups excluding carboxylic acids is 1. The minimum Gasteiger partial charge on any atom is -0.320 e. The van der Waals surface area contributed by atoms with E-state index in [2.05, 4.69) is 31.3 Å². The number of hydrogen-bond acceptors (Lipinski definition) is 4. The number of aromatic nitrogens is 3. The van der Waals surface area contributed by atoms with Gasteiger partial charge in [-0.05, 0) is 46.6 Å². The number of thiazole rings is 1. The van der Waals surface area contributed by atoms with Gasteiger partial charge in [0.05, 0.1) is 27.6 Å². The van der Waals surface area contributed by atoms with Gasteiger partial charge in [0.1, 0.15) is 5.82 Å². The molecular weight excluding hydrogens is 419 g/mol. The molecule has 0 unspecified atom stereocenters. The second kappa shape index (κ2) is 8.37. The van der Waals surface area contributed by atoms with Gasteiger partial charge in [-0.2, -0.15) is 5.10 Å². The van der Waals surface area contributed by atoms with Gasteiger partial charge in [-0.15, -0.1) is 11.3 Å². The van der Waals surface area contributed by atoms with Crippen LogP contribution in [0.2, 0.25) is 0 Å². The largest absolute Gasteiger partial charge is 0.320 e. The van der Waals surface area contributed by atoms with Crippen molar-refractivity contribution in [2.75, 3.05) is 5.32 Å². The van der Waals surface area contributed by atoms with Crippen molar-refractivity contribution in [3.05, 3.63) is 68.6 Å². The van der Waals surface area contributed by atoms with E-state index in [0.29, 0.717) is 10.2 Å². The van der Waals surface area contributed by atoms with Crippen LogP contribution < -0.4 is 5.32 Å². The fourth-order valence-corrected chi connectivity index (χ4v) is 3.47. The molecule has 1 N–H and O–H groups in total. The quantitative estimate of drug-likeness (QED) is 0.583. The van der Waals surface area contributed by atoms with Crippen molar-refractivity contribution in [3.63, 3.8) is 0 Å². The second-order valence-electron chi connectivity index (χ2n) is 5.60. The minimum absolute atomic E-state index is 0.275. The summed E-state index contributed by atoms with van der Waals surface area (Å²) in [6, 6.07) is 4.55. The van der Waals surface area contributed by atoms with Crippen molar-refractivity contribution in [3.8, 4) is 0 Å². The van der Waals surface area contributed by atoms with Crippen molar-refractivity contribution in [2.24, 2.45) is 0 Å². The van der Waals surface area contributed by atoms with E-state index in [9.17, 15) is 9.18 Å². The lowest BCUT2D eigenvalue weighted by Crippen LogP contribution is -2.07. The van der Waals surface area contributed by atoms with Gasteiger partial charge in [-0.3, -0.25) is 9.48 Å². The van der Waals surface area contributed by atoms with Crippen LogP contribution in [0.4, 0.5) is 10.1 Å². The number of nitrogens with one attached hydrogen (secondary N) is 1. The van der Waals surface area contributed by atoms with Crippen molar-refractivity contribution in [2.45, 2.75) is 19.9 Å².